The number of rotatable bonds is 8. The fourth-order valence-electron chi connectivity index (χ4n) is 3.65. The van der Waals surface area contributed by atoms with Crippen molar-refractivity contribution in [3.63, 3.8) is 0 Å². The molecular formula is C25H24F2N2O4. The second kappa shape index (κ2) is 10.7. The van der Waals surface area contributed by atoms with Crippen molar-refractivity contribution < 1.29 is 23.1 Å². The largest absolute Gasteiger partial charge is 0.467 e. The lowest BCUT2D eigenvalue weighted by Gasteiger charge is -2.19. The van der Waals surface area contributed by atoms with Crippen LogP contribution in [-0.2, 0) is 29.2 Å². The Bertz CT molecular complexity index is 1190. The molecule has 0 aliphatic rings. The zero-order chi connectivity index (χ0) is 24.0. The molecule has 8 heteroatoms. The Hall–Kier alpha value is -3.81. The highest BCUT2D eigenvalue weighted by Crippen LogP contribution is 2.17. The molecule has 33 heavy (non-hydrogen) atoms. The van der Waals surface area contributed by atoms with Crippen molar-refractivity contribution in [2.75, 3.05) is 7.11 Å². The van der Waals surface area contributed by atoms with Crippen molar-refractivity contribution in [3.8, 4) is 0 Å². The first kappa shape index (κ1) is 23.8. The Morgan fingerprint density at radius 2 is 1.76 bits per heavy atom. The fourth-order valence-corrected chi connectivity index (χ4v) is 3.65. The van der Waals surface area contributed by atoms with Crippen LogP contribution in [0.15, 0.2) is 65.5 Å². The highest BCUT2D eigenvalue weighted by molar-refractivity contribution is 5.97. The lowest BCUT2D eigenvalue weighted by Crippen LogP contribution is -2.39. The van der Waals surface area contributed by atoms with Gasteiger partial charge in [-0.25, -0.2) is 13.6 Å². The van der Waals surface area contributed by atoms with Gasteiger partial charge in [0.25, 0.3) is 11.5 Å². The van der Waals surface area contributed by atoms with Crippen LogP contribution in [-0.4, -0.2) is 23.6 Å². The zero-order valence-corrected chi connectivity index (χ0v) is 18.3. The molecule has 1 heterocycles. The van der Waals surface area contributed by atoms with Crippen molar-refractivity contribution in [1.82, 2.24) is 9.88 Å². The van der Waals surface area contributed by atoms with Gasteiger partial charge in [0.15, 0.2) is 6.04 Å². The van der Waals surface area contributed by atoms with Gasteiger partial charge in [0.1, 0.15) is 18.1 Å². The molecule has 172 valence electrons. The van der Waals surface area contributed by atoms with Crippen LogP contribution in [0.5, 0.6) is 0 Å². The van der Waals surface area contributed by atoms with Gasteiger partial charge in [0, 0.05) is 11.3 Å². The number of amides is 1. The Kier molecular flexibility index (Phi) is 7.71. The van der Waals surface area contributed by atoms with E-state index in [0.717, 1.165) is 0 Å². The number of carbonyl (C=O) groups excluding carboxylic acids is 2. The van der Waals surface area contributed by atoms with Gasteiger partial charge in [-0.2, -0.15) is 0 Å². The van der Waals surface area contributed by atoms with E-state index < -0.39 is 36.0 Å². The standard InChI is InChI=1S/C25H24F2N2O4/c1-3-21-18(14-26)13-20(24(31)29(21)15-16-9-11-19(27)12-10-16)23(30)28-22(25(32)33-2)17-7-5-4-6-8-17/h4-13,22H,3,14-15H2,1-2H3,(H,28,30)/t22-/m0/s1. The van der Waals surface area contributed by atoms with Gasteiger partial charge in [-0.15, -0.1) is 0 Å². The first-order valence-corrected chi connectivity index (χ1v) is 10.4. The summed E-state index contributed by atoms with van der Waals surface area (Å²) in [5, 5.41) is 2.53. The summed E-state index contributed by atoms with van der Waals surface area (Å²) < 4.78 is 33.3. The molecule has 3 rings (SSSR count). The minimum absolute atomic E-state index is 0.0372. The number of ether oxygens (including phenoxy) is 1. The molecule has 1 aromatic heterocycles. The number of halogens is 2. The smallest absolute Gasteiger partial charge is 0.333 e. The average Bonchev–Trinajstić information content (AvgIpc) is 2.84. The summed E-state index contributed by atoms with van der Waals surface area (Å²) in [5.74, 6) is -1.96. The second-order valence-corrected chi connectivity index (χ2v) is 7.38. The van der Waals surface area contributed by atoms with Gasteiger partial charge in [0.05, 0.1) is 13.7 Å². The summed E-state index contributed by atoms with van der Waals surface area (Å²) in [6.45, 7) is 0.930. The average molecular weight is 454 g/mol. The molecule has 0 radical (unpaired) electrons. The van der Waals surface area contributed by atoms with Gasteiger partial charge >= 0.3 is 5.97 Å². The normalized spacial score (nSPS) is 11.6. The highest BCUT2D eigenvalue weighted by Gasteiger charge is 2.26. The van der Waals surface area contributed by atoms with E-state index in [2.05, 4.69) is 5.32 Å². The van der Waals surface area contributed by atoms with E-state index in [1.807, 2.05) is 0 Å². The summed E-state index contributed by atoms with van der Waals surface area (Å²) in [7, 11) is 1.19. The minimum atomic E-state index is -1.15. The minimum Gasteiger partial charge on any atom is -0.467 e. The van der Waals surface area contributed by atoms with Crippen LogP contribution in [0.4, 0.5) is 8.78 Å². The molecule has 1 N–H and O–H groups in total. The number of aromatic nitrogens is 1. The number of methoxy groups -OCH3 is 1. The molecule has 0 spiro atoms. The van der Waals surface area contributed by atoms with Crippen LogP contribution in [0.25, 0.3) is 0 Å². The molecule has 6 nitrogen and oxygen atoms in total. The maximum Gasteiger partial charge on any atom is 0.333 e. The number of benzene rings is 2. The summed E-state index contributed by atoms with van der Waals surface area (Å²) >= 11 is 0. The van der Waals surface area contributed by atoms with E-state index in [9.17, 15) is 23.2 Å². The molecular weight excluding hydrogens is 430 g/mol. The van der Waals surface area contributed by atoms with E-state index in [4.69, 9.17) is 4.74 Å². The number of esters is 1. The van der Waals surface area contributed by atoms with E-state index in [1.54, 1.807) is 37.3 Å². The fraction of sp³-hybridized carbons (Fsp3) is 0.240. The second-order valence-electron chi connectivity index (χ2n) is 7.38. The van der Waals surface area contributed by atoms with E-state index >= 15 is 0 Å². The van der Waals surface area contributed by atoms with Crippen LogP contribution in [0, 0.1) is 5.82 Å². The number of carbonyl (C=O) groups is 2. The van der Waals surface area contributed by atoms with Crippen molar-refractivity contribution in [2.24, 2.45) is 0 Å². The number of nitrogens with zero attached hydrogens (tertiary/aromatic N) is 1. The molecule has 1 atom stereocenters. The van der Waals surface area contributed by atoms with Crippen LogP contribution in [0.3, 0.4) is 0 Å². The third-order valence-electron chi connectivity index (χ3n) is 5.31. The predicted molar refractivity (Wildman–Crippen MR) is 119 cm³/mol. The Morgan fingerprint density at radius 3 is 2.33 bits per heavy atom. The van der Waals surface area contributed by atoms with Crippen molar-refractivity contribution in [2.45, 2.75) is 32.6 Å². The molecule has 3 aromatic rings. The van der Waals surface area contributed by atoms with Crippen LogP contribution < -0.4 is 10.9 Å². The van der Waals surface area contributed by atoms with Gasteiger partial charge in [0.2, 0.25) is 0 Å². The molecule has 0 bridgehead atoms. The predicted octanol–water partition coefficient (Wildman–Crippen LogP) is 3.71. The highest BCUT2D eigenvalue weighted by atomic mass is 19.1. The summed E-state index contributed by atoms with van der Waals surface area (Å²) in [5.41, 5.74) is 0.788. The summed E-state index contributed by atoms with van der Waals surface area (Å²) in [4.78, 5) is 38.7. The number of pyridine rings is 1. The SMILES string of the molecule is CCc1c(CF)cc(C(=O)N[C@H](C(=O)OC)c2ccccc2)c(=O)n1Cc1ccc(F)cc1. The molecule has 1 amide bonds. The monoisotopic (exact) mass is 454 g/mol. The number of alkyl halides is 1. The first-order valence-electron chi connectivity index (χ1n) is 10.4. The van der Waals surface area contributed by atoms with Crippen LogP contribution >= 0.6 is 0 Å². The summed E-state index contributed by atoms with van der Waals surface area (Å²) in [6.07, 6.45) is 0.354. The third kappa shape index (κ3) is 5.34. The van der Waals surface area contributed by atoms with Crippen molar-refractivity contribution in [3.05, 3.63) is 105 Å². The van der Waals surface area contributed by atoms with Crippen molar-refractivity contribution >= 4 is 11.9 Å². The van der Waals surface area contributed by atoms with Gasteiger partial charge in [-0.05, 0) is 35.7 Å². The van der Waals surface area contributed by atoms with Gasteiger partial charge in [-0.1, -0.05) is 49.4 Å². The lowest BCUT2D eigenvalue weighted by atomic mass is 10.0. The van der Waals surface area contributed by atoms with E-state index in [-0.39, 0.29) is 17.7 Å². The molecule has 0 aliphatic heterocycles. The number of hydrogen-bond acceptors (Lipinski definition) is 4. The Labute approximate surface area is 189 Å². The summed E-state index contributed by atoms with van der Waals surface area (Å²) in [6, 6.07) is 14.1. The topological polar surface area (TPSA) is 77.4 Å². The molecule has 0 fully saturated rings. The first-order chi connectivity index (χ1) is 15.9. The lowest BCUT2D eigenvalue weighted by molar-refractivity contribution is -0.143. The van der Waals surface area contributed by atoms with Gasteiger partial charge in [-0.3, -0.25) is 9.59 Å². The maximum absolute atomic E-state index is 13.9. The van der Waals surface area contributed by atoms with E-state index in [1.165, 1.54) is 42.0 Å². The van der Waals surface area contributed by atoms with Crippen LogP contribution in [0.1, 0.15) is 45.7 Å². The quantitative estimate of drug-likeness (QED) is 0.527. The molecule has 2 aromatic carbocycles. The molecule has 0 saturated heterocycles. The Morgan fingerprint density at radius 1 is 1.09 bits per heavy atom. The van der Waals surface area contributed by atoms with Gasteiger partial charge < -0.3 is 14.6 Å². The Balaban J connectivity index is 2.04. The van der Waals surface area contributed by atoms with Crippen molar-refractivity contribution in [1.29, 1.82) is 0 Å². The number of nitrogens with one attached hydrogen (secondary N) is 1. The zero-order valence-electron chi connectivity index (χ0n) is 18.3. The number of hydrogen-bond donors (Lipinski definition) is 1. The molecule has 0 aliphatic carbocycles. The third-order valence-corrected chi connectivity index (χ3v) is 5.31. The molecule has 0 saturated carbocycles. The van der Waals surface area contributed by atoms with Crippen LogP contribution in [0.2, 0.25) is 0 Å². The maximum atomic E-state index is 13.9. The van der Waals surface area contributed by atoms with E-state index in [0.29, 0.717) is 23.2 Å². The molecule has 0 unspecified atom stereocenters.